The Morgan fingerprint density at radius 2 is 2.31 bits per heavy atom. The highest BCUT2D eigenvalue weighted by Crippen LogP contribution is 2.23. The number of methoxy groups -OCH3 is 1. The van der Waals surface area contributed by atoms with Crippen LogP contribution in [0.5, 0.6) is 5.75 Å². The zero-order valence-corrected chi connectivity index (χ0v) is 10.9. The highest BCUT2D eigenvalue weighted by Gasteiger charge is 2.09. The van der Waals surface area contributed by atoms with Crippen molar-refractivity contribution in [1.82, 2.24) is 4.98 Å². The molecule has 0 aliphatic heterocycles. The largest absolute Gasteiger partial charge is 0.484 e. The molecule has 1 heterocycles. The van der Waals surface area contributed by atoms with Crippen LogP contribution in [0.1, 0.15) is 6.92 Å². The quantitative estimate of drug-likeness (QED) is 0.810. The lowest BCUT2D eigenvalue weighted by Gasteiger charge is -2.16. The van der Waals surface area contributed by atoms with Gasteiger partial charge in [-0.25, -0.2) is 4.98 Å². The molecular formula is C10H15BrN2O3. The molecule has 5 nitrogen and oxygen atoms in total. The SMILES string of the molecule is CCOC(COc1cc(Br)cnc1N)OC. The average Bonchev–Trinajstić information content (AvgIpc) is 2.28. The van der Waals surface area contributed by atoms with Crippen LogP contribution in [0.2, 0.25) is 0 Å². The summed E-state index contributed by atoms with van der Waals surface area (Å²) in [6.07, 6.45) is 1.21. The second kappa shape index (κ2) is 6.67. The van der Waals surface area contributed by atoms with Crippen molar-refractivity contribution >= 4 is 21.7 Å². The minimum absolute atomic E-state index is 0.271. The summed E-state index contributed by atoms with van der Waals surface area (Å²) in [7, 11) is 1.56. The van der Waals surface area contributed by atoms with Crippen LogP contribution in [0, 0.1) is 0 Å². The number of pyridine rings is 1. The van der Waals surface area contributed by atoms with E-state index in [1.165, 1.54) is 0 Å². The molecule has 1 atom stereocenters. The summed E-state index contributed by atoms with van der Waals surface area (Å²) in [5.41, 5.74) is 5.65. The number of halogens is 1. The number of nitrogens with two attached hydrogens (primary N) is 1. The maximum atomic E-state index is 5.65. The molecule has 90 valence electrons. The van der Waals surface area contributed by atoms with Gasteiger partial charge in [0.25, 0.3) is 0 Å². The molecule has 1 unspecified atom stereocenters. The van der Waals surface area contributed by atoms with E-state index in [9.17, 15) is 0 Å². The number of nitrogen functional groups attached to an aromatic ring is 1. The summed E-state index contributed by atoms with van der Waals surface area (Å²) in [4.78, 5) is 3.95. The summed E-state index contributed by atoms with van der Waals surface area (Å²) in [5, 5.41) is 0. The second-order valence-electron chi connectivity index (χ2n) is 2.97. The van der Waals surface area contributed by atoms with Crippen LogP contribution in [0.3, 0.4) is 0 Å². The smallest absolute Gasteiger partial charge is 0.191 e. The van der Waals surface area contributed by atoms with Gasteiger partial charge in [0.15, 0.2) is 17.9 Å². The van der Waals surface area contributed by atoms with Crippen molar-refractivity contribution in [2.45, 2.75) is 13.2 Å². The highest BCUT2D eigenvalue weighted by molar-refractivity contribution is 9.10. The molecule has 0 bridgehead atoms. The van der Waals surface area contributed by atoms with Crippen molar-refractivity contribution in [1.29, 1.82) is 0 Å². The Morgan fingerprint density at radius 1 is 1.56 bits per heavy atom. The predicted molar refractivity (Wildman–Crippen MR) is 64.3 cm³/mol. The summed E-state index contributed by atoms with van der Waals surface area (Å²) < 4.78 is 16.6. The number of ether oxygens (including phenoxy) is 3. The van der Waals surface area contributed by atoms with Crippen LogP contribution < -0.4 is 10.5 Å². The fraction of sp³-hybridized carbons (Fsp3) is 0.500. The summed E-state index contributed by atoms with van der Waals surface area (Å²) in [6, 6.07) is 1.75. The fourth-order valence-corrected chi connectivity index (χ4v) is 1.39. The highest BCUT2D eigenvalue weighted by atomic mass is 79.9. The molecule has 1 aromatic rings. The summed E-state index contributed by atoms with van der Waals surface area (Å²) >= 11 is 3.29. The van der Waals surface area contributed by atoms with Gasteiger partial charge < -0.3 is 19.9 Å². The van der Waals surface area contributed by atoms with Gasteiger partial charge in [-0.15, -0.1) is 0 Å². The monoisotopic (exact) mass is 290 g/mol. The lowest BCUT2D eigenvalue weighted by molar-refractivity contribution is -0.137. The minimum Gasteiger partial charge on any atom is -0.484 e. The maximum Gasteiger partial charge on any atom is 0.191 e. The van der Waals surface area contributed by atoms with Crippen molar-refractivity contribution in [3.63, 3.8) is 0 Å². The van der Waals surface area contributed by atoms with Crippen molar-refractivity contribution in [3.05, 3.63) is 16.7 Å². The van der Waals surface area contributed by atoms with E-state index < -0.39 is 6.29 Å². The molecule has 0 spiro atoms. The summed E-state index contributed by atoms with van der Waals surface area (Å²) in [5.74, 6) is 0.852. The van der Waals surface area contributed by atoms with Gasteiger partial charge in [-0.05, 0) is 28.9 Å². The Morgan fingerprint density at radius 3 is 2.94 bits per heavy atom. The standard InChI is InChI=1S/C10H15BrN2O3/c1-3-15-9(14-2)6-16-8-4-7(11)5-13-10(8)12/h4-5,9H,3,6H2,1-2H3,(H2,12,13). The Bertz CT molecular complexity index is 336. The van der Waals surface area contributed by atoms with E-state index in [1.807, 2.05) is 6.92 Å². The Hall–Kier alpha value is -0.850. The first-order valence-corrected chi connectivity index (χ1v) is 5.64. The number of anilines is 1. The third kappa shape index (κ3) is 3.96. The molecule has 0 radical (unpaired) electrons. The topological polar surface area (TPSA) is 66.6 Å². The lowest BCUT2D eigenvalue weighted by Crippen LogP contribution is -2.24. The third-order valence-corrected chi connectivity index (χ3v) is 2.27. The van der Waals surface area contributed by atoms with Crippen LogP contribution in [0.25, 0.3) is 0 Å². The molecular weight excluding hydrogens is 276 g/mol. The molecule has 0 saturated heterocycles. The molecule has 16 heavy (non-hydrogen) atoms. The van der Waals surface area contributed by atoms with Crippen molar-refractivity contribution in [2.24, 2.45) is 0 Å². The van der Waals surface area contributed by atoms with Gasteiger partial charge in [0.2, 0.25) is 0 Å². The maximum absolute atomic E-state index is 5.65. The summed E-state index contributed by atoms with van der Waals surface area (Å²) in [6.45, 7) is 2.72. The van der Waals surface area contributed by atoms with E-state index >= 15 is 0 Å². The number of hydrogen-bond acceptors (Lipinski definition) is 5. The Kier molecular flexibility index (Phi) is 5.51. The molecule has 0 amide bonds. The number of hydrogen-bond donors (Lipinski definition) is 1. The van der Waals surface area contributed by atoms with Gasteiger partial charge in [-0.2, -0.15) is 0 Å². The zero-order chi connectivity index (χ0) is 12.0. The van der Waals surface area contributed by atoms with E-state index in [0.717, 1.165) is 4.47 Å². The second-order valence-corrected chi connectivity index (χ2v) is 3.88. The van der Waals surface area contributed by atoms with Gasteiger partial charge in [0.05, 0.1) is 0 Å². The number of aromatic nitrogens is 1. The number of nitrogens with zero attached hydrogens (tertiary/aromatic N) is 1. The van der Waals surface area contributed by atoms with E-state index in [1.54, 1.807) is 19.4 Å². The predicted octanol–water partition coefficient (Wildman–Crippen LogP) is 1.81. The van der Waals surface area contributed by atoms with E-state index in [2.05, 4.69) is 20.9 Å². The van der Waals surface area contributed by atoms with E-state index in [0.29, 0.717) is 18.2 Å². The van der Waals surface area contributed by atoms with E-state index in [-0.39, 0.29) is 6.61 Å². The van der Waals surface area contributed by atoms with Crippen molar-refractivity contribution < 1.29 is 14.2 Å². The van der Waals surface area contributed by atoms with Gasteiger partial charge >= 0.3 is 0 Å². The molecule has 0 saturated carbocycles. The molecule has 0 aliphatic carbocycles. The van der Waals surface area contributed by atoms with Crippen LogP contribution in [0.15, 0.2) is 16.7 Å². The van der Waals surface area contributed by atoms with Gasteiger partial charge in [-0.3, -0.25) is 0 Å². The molecule has 1 rings (SSSR count). The normalized spacial score (nSPS) is 12.4. The lowest BCUT2D eigenvalue weighted by atomic mass is 10.4. The molecule has 0 aliphatic rings. The van der Waals surface area contributed by atoms with Crippen molar-refractivity contribution in [2.75, 3.05) is 26.1 Å². The van der Waals surface area contributed by atoms with Crippen molar-refractivity contribution in [3.8, 4) is 5.75 Å². The molecule has 0 fully saturated rings. The average molecular weight is 291 g/mol. The Labute approximate surface area is 103 Å². The van der Waals surface area contributed by atoms with Crippen LogP contribution in [-0.4, -0.2) is 31.6 Å². The first kappa shape index (κ1) is 13.2. The Balaban J connectivity index is 2.55. The molecule has 6 heteroatoms. The van der Waals surface area contributed by atoms with Crippen LogP contribution in [-0.2, 0) is 9.47 Å². The zero-order valence-electron chi connectivity index (χ0n) is 9.27. The van der Waals surface area contributed by atoms with Crippen LogP contribution in [0.4, 0.5) is 5.82 Å². The molecule has 1 aromatic heterocycles. The third-order valence-electron chi connectivity index (χ3n) is 1.84. The first-order chi connectivity index (χ1) is 7.67. The minimum atomic E-state index is -0.400. The fourth-order valence-electron chi connectivity index (χ4n) is 1.07. The van der Waals surface area contributed by atoms with Crippen LogP contribution >= 0.6 is 15.9 Å². The molecule has 0 aromatic carbocycles. The van der Waals surface area contributed by atoms with Gasteiger partial charge in [0, 0.05) is 24.4 Å². The molecule has 2 N–H and O–H groups in total. The first-order valence-electron chi connectivity index (χ1n) is 4.85. The van der Waals surface area contributed by atoms with Gasteiger partial charge in [0.1, 0.15) is 6.61 Å². The number of rotatable bonds is 6. The van der Waals surface area contributed by atoms with E-state index in [4.69, 9.17) is 19.9 Å². The van der Waals surface area contributed by atoms with Gasteiger partial charge in [-0.1, -0.05) is 0 Å².